The monoisotopic (exact) mass is 428 g/mol. The van der Waals surface area contributed by atoms with Crippen molar-refractivity contribution in [2.24, 2.45) is 5.73 Å². The van der Waals surface area contributed by atoms with Gasteiger partial charge in [0.25, 0.3) is 0 Å². The number of carbonyl (C=O) groups excluding carboxylic acids is 2. The number of carbonyl (C=O) groups is 2. The molecule has 1 aliphatic rings. The van der Waals surface area contributed by atoms with Crippen LogP contribution in [0.4, 0.5) is 5.69 Å². The van der Waals surface area contributed by atoms with Crippen molar-refractivity contribution in [3.05, 3.63) is 88.4 Å². The topological polar surface area (TPSA) is 129 Å². The van der Waals surface area contributed by atoms with E-state index in [1.54, 1.807) is 54.6 Å². The Balaban J connectivity index is 2.34. The zero-order valence-corrected chi connectivity index (χ0v) is 17.5. The second-order valence-corrected chi connectivity index (χ2v) is 6.84. The zero-order valence-electron chi connectivity index (χ0n) is 17.5. The van der Waals surface area contributed by atoms with Crippen LogP contribution in [0.5, 0.6) is 0 Å². The van der Waals surface area contributed by atoms with Gasteiger partial charge in [-0.05, 0) is 23.3 Å². The van der Waals surface area contributed by atoms with Gasteiger partial charge in [0.2, 0.25) is 0 Å². The Kier molecular flexibility index (Phi) is 6.57. The van der Waals surface area contributed by atoms with Crippen molar-refractivity contribution >= 4 is 17.6 Å². The molecule has 0 bridgehead atoms. The second-order valence-electron chi connectivity index (χ2n) is 6.84. The number of benzene rings is 2. The fourth-order valence-electron chi connectivity index (χ4n) is 3.64. The van der Waals surface area contributed by atoms with Gasteiger partial charge in [-0.3, -0.25) is 4.90 Å². The highest BCUT2D eigenvalue weighted by atomic mass is 16.5. The molecule has 3 rings (SSSR count). The summed E-state index contributed by atoms with van der Waals surface area (Å²) in [4.78, 5) is 27.2. The number of nitrogens with two attached hydrogens (primary N) is 1. The third-order valence-electron chi connectivity index (χ3n) is 5.09. The molecule has 0 saturated heterocycles. The van der Waals surface area contributed by atoms with E-state index in [0.29, 0.717) is 11.3 Å². The molecule has 0 aromatic heterocycles. The summed E-state index contributed by atoms with van der Waals surface area (Å²) in [6, 6.07) is 19.6. The number of nitriles is 2. The summed E-state index contributed by atoms with van der Waals surface area (Å²) in [5, 5.41) is 18.9. The van der Waals surface area contributed by atoms with Crippen molar-refractivity contribution in [1.82, 2.24) is 0 Å². The second kappa shape index (κ2) is 9.50. The largest absolute Gasteiger partial charge is 0.466 e. The number of anilines is 1. The van der Waals surface area contributed by atoms with E-state index in [2.05, 4.69) is 12.1 Å². The molecule has 8 nitrogen and oxygen atoms in total. The van der Waals surface area contributed by atoms with Gasteiger partial charge in [0.15, 0.2) is 0 Å². The van der Waals surface area contributed by atoms with Crippen molar-refractivity contribution in [2.75, 3.05) is 19.1 Å². The summed E-state index contributed by atoms with van der Waals surface area (Å²) in [6.07, 6.45) is 0.207. The van der Waals surface area contributed by atoms with Crippen LogP contribution in [0.15, 0.2) is 77.3 Å². The van der Waals surface area contributed by atoms with Crippen LogP contribution in [0.3, 0.4) is 0 Å². The Morgan fingerprint density at radius 3 is 2.16 bits per heavy atom. The molecule has 1 unspecified atom stereocenters. The van der Waals surface area contributed by atoms with E-state index in [1.807, 2.05) is 0 Å². The highest BCUT2D eigenvalue weighted by Crippen LogP contribution is 2.43. The first-order chi connectivity index (χ1) is 15.5. The number of methoxy groups -OCH3 is 2. The van der Waals surface area contributed by atoms with Crippen molar-refractivity contribution in [3.63, 3.8) is 0 Å². The highest BCUT2D eigenvalue weighted by Gasteiger charge is 2.42. The summed E-state index contributed by atoms with van der Waals surface area (Å²) < 4.78 is 9.97. The molecule has 160 valence electrons. The van der Waals surface area contributed by atoms with Gasteiger partial charge < -0.3 is 15.2 Å². The average molecular weight is 428 g/mol. The van der Waals surface area contributed by atoms with E-state index in [9.17, 15) is 14.9 Å². The Morgan fingerprint density at radius 2 is 1.62 bits per heavy atom. The lowest BCUT2D eigenvalue weighted by molar-refractivity contribution is -0.139. The molecule has 8 heteroatoms. The fourth-order valence-corrected chi connectivity index (χ4v) is 3.64. The molecule has 2 aromatic carbocycles. The summed E-state index contributed by atoms with van der Waals surface area (Å²) in [5.41, 5.74) is 8.08. The van der Waals surface area contributed by atoms with Gasteiger partial charge in [0.1, 0.15) is 11.5 Å². The van der Waals surface area contributed by atoms with E-state index in [4.69, 9.17) is 20.5 Å². The van der Waals surface area contributed by atoms with Crippen LogP contribution in [0.25, 0.3) is 0 Å². The maximum atomic E-state index is 12.9. The number of ether oxygens (including phenoxy) is 2. The maximum Gasteiger partial charge on any atom is 0.355 e. The Morgan fingerprint density at radius 1 is 1.00 bits per heavy atom. The predicted octanol–water partition coefficient (Wildman–Crippen LogP) is 2.65. The molecule has 0 fully saturated rings. The van der Waals surface area contributed by atoms with E-state index < -0.39 is 17.9 Å². The standard InChI is InChI=1S/C24H20N4O4/c1-31-23(29)20-19(16-6-4-3-5-7-16)18(14-26)22(27)28(21(20)24(30)32-2)17-10-8-15(9-11-17)12-13-25/h3-11,19H,12,27H2,1-2H3. The molecule has 1 aliphatic heterocycles. The SMILES string of the molecule is COC(=O)C1=C(C(=O)OC)N(c2ccc(CC#N)cc2)C(N)=C(C#N)C1c1ccccc1. The molecule has 1 atom stereocenters. The van der Waals surface area contributed by atoms with E-state index in [0.717, 1.165) is 5.56 Å². The van der Waals surface area contributed by atoms with Crippen LogP contribution < -0.4 is 10.6 Å². The molecule has 0 saturated carbocycles. The minimum atomic E-state index is -0.920. The molecule has 0 aliphatic carbocycles. The minimum Gasteiger partial charge on any atom is -0.466 e. The lowest BCUT2D eigenvalue weighted by atomic mass is 9.81. The number of esters is 2. The number of allylic oxidation sites excluding steroid dienone is 1. The first kappa shape index (κ1) is 22.1. The van der Waals surface area contributed by atoms with Gasteiger partial charge in [-0.15, -0.1) is 0 Å². The van der Waals surface area contributed by atoms with Gasteiger partial charge in [-0.25, -0.2) is 9.59 Å². The Labute approximate surface area is 185 Å². The van der Waals surface area contributed by atoms with Crippen LogP contribution >= 0.6 is 0 Å². The molecule has 2 N–H and O–H groups in total. The number of hydrogen-bond donors (Lipinski definition) is 1. The Hall–Kier alpha value is -4.56. The molecule has 0 amide bonds. The van der Waals surface area contributed by atoms with Crippen LogP contribution in [-0.4, -0.2) is 26.2 Å². The van der Waals surface area contributed by atoms with Crippen LogP contribution in [0.1, 0.15) is 17.0 Å². The van der Waals surface area contributed by atoms with Crippen LogP contribution in [-0.2, 0) is 25.5 Å². The molecule has 1 heterocycles. The predicted molar refractivity (Wildman–Crippen MR) is 115 cm³/mol. The average Bonchev–Trinajstić information content (AvgIpc) is 2.83. The van der Waals surface area contributed by atoms with Gasteiger partial charge in [-0.1, -0.05) is 42.5 Å². The molecule has 2 aromatic rings. The first-order valence-corrected chi connectivity index (χ1v) is 9.59. The molecule has 32 heavy (non-hydrogen) atoms. The van der Waals surface area contributed by atoms with E-state index >= 15 is 0 Å². The van der Waals surface area contributed by atoms with Gasteiger partial charge in [0.05, 0.1) is 49.8 Å². The number of hydrogen-bond acceptors (Lipinski definition) is 8. The highest BCUT2D eigenvalue weighted by molar-refractivity contribution is 6.06. The lowest BCUT2D eigenvalue weighted by Gasteiger charge is -2.35. The molecule has 0 radical (unpaired) electrons. The van der Waals surface area contributed by atoms with E-state index in [1.165, 1.54) is 19.1 Å². The zero-order chi connectivity index (χ0) is 23.3. The first-order valence-electron chi connectivity index (χ1n) is 9.59. The van der Waals surface area contributed by atoms with Gasteiger partial charge in [0, 0.05) is 5.69 Å². The van der Waals surface area contributed by atoms with Gasteiger partial charge >= 0.3 is 11.9 Å². The fraction of sp³-hybridized carbons (Fsp3) is 0.167. The molecule has 0 spiro atoms. The summed E-state index contributed by atoms with van der Waals surface area (Å²) in [7, 11) is 2.39. The van der Waals surface area contributed by atoms with Crippen molar-refractivity contribution in [2.45, 2.75) is 12.3 Å². The van der Waals surface area contributed by atoms with Crippen LogP contribution in [0, 0.1) is 22.7 Å². The summed E-state index contributed by atoms with van der Waals surface area (Å²) >= 11 is 0. The lowest BCUT2D eigenvalue weighted by Crippen LogP contribution is -2.40. The van der Waals surface area contributed by atoms with Crippen molar-refractivity contribution in [3.8, 4) is 12.1 Å². The van der Waals surface area contributed by atoms with Gasteiger partial charge in [-0.2, -0.15) is 10.5 Å². The van der Waals surface area contributed by atoms with E-state index in [-0.39, 0.29) is 29.1 Å². The smallest absolute Gasteiger partial charge is 0.355 e. The van der Waals surface area contributed by atoms with Crippen LogP contribution in [0.2, 0.25) is 0 Å². The van der Waals surface area contributed by atoms with Crippen molar-refractivity contribution in [1.29, 1.82) is 10.5 Å². The maximum absolute atomic E-state index is 12.9. The van der Waals surface area contributed by atoms with Crippen molar-refractivity contribution < 1.29 is 19.1 Å². The molecular formula is C24H20N4O4. The third-order valence-corrected chi connectivity index (χ3v) is 5.09. The summed E-state index contributed by atoms with van der Waals surface area (Å²) in [6.45, 7) is 0. The normalized spacial score (nSPS) is 15.6. The summed E-state index contributed by atoms with van der Waals surface area (Å²) in [5.74, 6) is -2.53. The quantitative estimate of drug-likeness (QED) is 0.720. The third kappa shape index (κ3) is 3.90. The Bertz CT molecular complexity index is 1190. The number of rotatable bonds is 5. The number of nitrogens with zero attached hydrogens (tertiary/aromatic N) is 3. The molecular weight excluding hydrogens is 408 g/mol. The minimum absolute atomic E-state index is 0.0116.